The third kappa shape index (κ3) is 4.56. The largest absolute Gasteiger partial charge is 0.347 e. The van der Waals surface area contributed by atoms with E-state index in [1.807, 2.05) is 20.8 Å². The van der Waals surface area contributed by atoms with Gasteiger partial charge in [0.15, 0.2) is 0 Å². The van der Waals surface area contributed by atoms with Crippen molar-refractivity contribution in [3.8, 4) is 0 Å². The highest BCUT2D eigenvalue weighted by Gasteiger charge is 2.27. The first kappa shape index (κ1) is 16.5. The molecule has 1 aromatic carbocycles. The molecule has 0 aliphatic heterocycles. The molecule has 0 spiro atoms. The number of hydrogen-bond acceptors (Lipinski definition) is 3. The summed E-state index contributed by atoms with van der Waals surface area (Å²) in [6.45, 7) is 5.81. The quantitative estimate of drug-likeness (QED) is 0.801. The normalized spacial score (nSPS) is 21.5. The summed E-state index contributed by atoms with van der Waals surface area (Å²) >= 11 is 0. The molecule has 0 saturated heterocycles. The number of nitrogens with two attached hydrogens (primary N) is 1. The van der Waals surface area contributed by atoms with Crippen LogP contribution in [0.4, 0.5) is 5.69 Å². The van der Waals surface area contributed by atoms with E-state index in [2.05, 4.69) is 10.6 Å². The molecule has 0 heterocycles. The van der Waals surface area contributed by atoms with Gasteiger partial charge < -0.3 is 16.4 Å². The Morgan fingerprint density at radius 3 is 2.27 bits per heavy atom. The Morgan fingerprint density at radius 1 is 1.14 bits per heavy atom. The van der Waals surface area contributed by atoms with Crippen molar-refractivity contribution in [3.63, 3.8) is 0 Å². The van der Waals surface area contributed by atoms with E-state index in [0.717, 1.165) is 19.3 Å². The Hall–Kier alpha value is -1.88. The zero-order chi connectivity index (χ0) is 16.3. The van der Waals surface area contributed by atoms with Crippen LogP contribution in [0.5, 0.6) is 0 Å². The van der Waals surface area contributed by atoms with Gasteiger partial charge in [0, 0.05) is 28.7 Å². The minimum atomic E-state index is -0.273. The van der Waals surface area contributed by atoms with Gasteiger partial charge in [-0.3, -0.25) is 9.59 Å². The molecule has 1 aromatic rings. The fourth-order valence-corrected chi connectivity index (χ4v) is 2.62. The van der Waals surface area contributed by atoms with Gasteiger partial charge in [-0.25, -0.2) is 0 Å². The topological polar surface area (TPSA) is 84.2 Å². The molecule has 22 heavy (non-hydrogen) atoms. The molecule has 0 radical (unpaired) electrons. The maximum Gasteiger partial charge on any atom is 0.251 e. The van der Waals surface area contributed by atoms with Gasteiger partial charge in [-0.15, -0.1) is 0 Å². The van der Waals surface area contributed by atoms with Crippen LogP contribution in [0.2, 0.25) is 0 Å². The second-order valence-electron chi connectivity index (χ2n) is 7.04. The van der Waals surface area contributed by atoms with Gasteiger partial charge in [-0.2, -0.15) is 0 Å². The van der Waals surface area contributed by atoms with Gasteiger partial charge in [0.2, 0.25) is 5.91 Å². The Balaban J connectivity index is 1.94. The molecule has 0 bridgehead atoms. The standard InChI is InChI=1S/C17H25N3O2/c1-17(2,3)20-16(22)11-5-8-14(9-6-11)19-15(21)12-4-7-13(18)10-12/h5-6,8-9,12-13H,4,7,10,18H2,1-3H3,(H,19,21)(H,20,22). The number of amides is 2. The zero-order valence-electron chi connectivity index (χ0n) is 13.5. The summed E-state index contributed by atoms with van der Waals surface area (Å²) in [5.74, 6) is -0.106. The second kappa shape index (κ2) is 6.48. The summed E-state index contributed by atoms with van der Waals surface area (Å²) in [7, 11) is 0. The summed E-state index contributed by atoms with van der Waals surface area (Å²) < 4.78 is 0. The molecule has 2 unspecified atom stereocenters. The van der Waals surface area contributed by atoms with Crippen molar-refractivity contribution in [1.82, 2.24) is 5.32 Å². The van der Waals surface area contributed by atoms with E-state index in [9.17, 15) is 9.59 Å². The van der Waals surface area contributed by atoms with E-state index in [1.54, 1.807) is 24.3 Å². The highest BCUT2D eigenvalue weighted by Crippen LogP contribution is 2.25. The summed E-state index contributed by atoms with van der Waals surface area (Å²) in [6, 6.07) is 7.09. The van der Waals surface area contributed by atoms with Crippen molar-refractivity contribution in [3.05, 3.63) is 29.8 Å². The molecule has 2 rings (SSSR count). The lowest BCUT2D eigenvalue weighted by Crippen LogP contribution is -2.40. The van der Waals surface area contributed by atoms with Crippen molar-refractivity contribution < 1.29 is 9.59 Å². The molecule has 0 aromatic heterocycles. The summed E-state index contributed by atoms with van der Waals surface area (Å²) in [6.07, 6.45) is 2.50. The highest BCUT2D eigenvalue weighted by molar-refractivity contribution is 5.96. The number of nitrogens with one attached hydrogen (secondary N) is 2. The molecule has 1 saturated carbocycles. The lowest BCUT2D eigenvalue weighted by Gasteiger charge is -2.20. The molecule has 1 fully saturated rings. The zero-order valence-corrected chi connectivity index (χ0v) is 13.5. The SMILES string of the molecule is CC(C)(C)NC(=O)c1ccc(NC(=O)C2CCC(N)C2)cc1. The van der Waals surface area contributed by atoms with E-state index in [4.69, 9.17) is 5.73 Å². The average molecular weight is 303 g/mol. The number of carbonyl (C=O) groups excluding carboxylic acids is 2. The van der Waals surface area contributed by atoms with E-state index in [1.165, 1.54) is 0 Å². The minimum Gasteiger partial charge on any atom is -0.347 e. The third-order valence-electron chi connectivity index (χ3n) is 3.75. The molecule has 2 amide bonds. The number of benzene rings is 1. The lowest BCUT2D eigenvalue weighted by atomic mass is 10.1. The molecular formula is C17H25N3O2. The van der Waals surface area contributed by atoms with Crippen LogP contribution in [0.3, 0.4) is 0 Å². The van der Waals surface area contributed by atoms with Crippen LogP contribution >= 0.6 is 0 Å². The van der Waals surface area contributed by atoms with Crippen molar-refractivity contribution >= 4 is 17.5 Å². The summed E-state index contributed by atoms with van der Waals surface area (Å²) in [4.78, 5) is 24.1. The van der Waals surface area contributed by atoms with E-state index < -0.39 is 0 Å². The number of carbonyl (C=O) groups is 2. The Kier molecular flexibility index (Phi) is 4.86. The van der Waals surface area contributed by atoms with Crippen LogP contribution < -0.4 is 16.4 Å². The van der Waals surface area contributed by atoms with Crippen molar-refractivity contribution in [1.29, 1.82) is 0 Å². The van der Waals surface area contributed by atoms with E-state index in [-0.39, 0.29) is 29.3 Å². The molecule has 120 valence electrons. The van der Waals surface area contributed by atoms with Crippen molar-refractivity contribution in [2.24, 2.45) is 11.7 Å². The summed E-state index contributed by atoms with van der Waals surface area (Å²) in [5.41, 5.74) is 6.85. The van der Waals surface area contributed by atoms with Crippen LogP contribution in [0.1, 0.15) is 50.4 Å². The lowest BCUT2D eigenvalue weighted by molar-refractivity contribution is -0.119. The monoisotopic (exact) mass is 303 g/mol. The highest BCUT2D eigenvalue weighted by atomic mass is 16.2. The molecule has 5 heteroatoms. The van der Waals surface area contributed by atoms with Gasteiger partial charge in [0.25, 0.3) is 5.91 Å². The molecule has 5 nitrogen and oxygen atoms in total. The van der Waals surface area contributed by atoms with E-state index in [0.29, 0.717) is 11.3 Å². The third-order valence-corrected chi connectivity index (χ3v) is 3.75. The van der Waals surface area contributed by atoms with Crippen LogP contribution in [0.15, 0.2) is 24.3 Å². The van der Waals surface area contributed by atoms with Gasteiger partial charge in [0.05, 0.1) is 0 Å². The maximum atomic E-state index is 12.1. The number of rotatable bonds is 3. The van der Waals surface area contributed by atoms with Crippen LogP contribution in [-0.4, -0.2) is 23.4 Å². The van der Waals surface area contributed by atoms with Crippen LogP contribution in [0, 0.1) is 5.92 Å². The summed E-state index contributed by atoms with van der Waals surface area (Å²) in [5, 5.41) is 5.80. The predicted octanol–water partition coefficient (Wildman–Crippen LogP) is 2.28. The first-order chi connectivity index (χ1) is 10.2. The first-order valence-corrected chi connectivity index (χ1v) is 7.73. The number of anilines is 1. The van der Waals surface area contributed by atoms with Gasteiger partial charge in [0.1, 0.15) is 0 Å². The average Bonchev–Trinajstić information content (AvgIpc) is 2.84. The van der Waals surface area contributed by atoms with Gasteiger partial charge >= 0.3 is 0 Å². The molecule has 4 N–H and O–H groups in total. The number of hydrogen-bond donors (Lipinski definition) is 3. The molecule has 1 aliphatic carbocycles. The first-order valence-electron chi connectivity index (χ1n) is 7.73. The van der Waals surface area contributed by atoms with Crippen LogP contribution in [-0.2, 0) is 4.79 Å². The van der Waals surface area contributed by atoms with Gasteiger partial charge in [-0.05, 0) is 64.3 Å². The Labute approximate surface area is 131 Å². The molecule has 2 atom stereocenters. The Morgan fingerprint density at radius 2 is 1.77 bits per heavy atom. The van der Waals surface area contributed by atoms with Crippen molar-refractivity contribution in [2.45, 2.75) is 51.6 Å². The predicted molar refractivity (Wildman–Crippen MR) is 87.6 cm³/mol. The Bertz CT molecular complexity index is 546. The minimum absolute atomic E-state index is 0.00105. The molecular weight excluding hydrogens is 278 g/mol. The van der Waals surface area contributed by atoms with E-state index >= 15 is 0 Å². The second-order valence-corrected chi connectivity index (χ2v) is 7.04. The van der Waals surface area contributed by atoms with Crippen LogP contribution in [0.25, 0.3) is 0 Å². The fourth-order valence-electron chi connectivity index (χ4n) is 2.62. The fraction of sp³-hybridized carbons (Fsp3) is 0.529. The smallest absolute Gasteiger partial charge is 0.251 e. The van der Waals surface area contributed by atoms with Gasteiger partial charge in [-0.1, -0.05) is 0 Å². The molecule has 1 aliphatic rings. The maximum absolute atomic E-state index is 12.1. The van der Waals surface area contributed by atoms with Crippen molar-refractivity contribution in [2.75, 3.05) is 5.32 Å².